The molecule has 0 spiro atoms. The minimum atomic E-state index is -2.99. The number of rotatable bonds is 8. The Morgan fingerprint density at radius 2 is 1.70 bits per heavy atom. The Morgan fingerprint density at radius 3 is 2.30 bits per heavy atom. The van der Waals surface area contributed by atoms with Crippen molar-refractivity contribution in [2.24, 2.45) is 10.9 Å². The molecule has 2 N–H and O–H groups in total. The van der Waals surface area contributed by atoms with Crippen LogP contribution in [0.3, 0.4) is 0 Å². The van der Waals surface area contributed by atoms with E-state index in [-0.39, 0.29) is 29.7 Å². The predicted molar refractivity (Wildman–Crippen MR) is 124 cm³/mol. The highest BCUT2D eigenvalue weighted by atomic mass is 127. The van der Waals surface area contributed by atoms with Crippen LogP contribution in [0.1, 0.15) is 56.1 Å². The van der Waals surface area contributed by atoms with Crippen molar-refractivity contribution in [3.63, 3.8) is 0 Å². The molecule has 154 valence electrons. The first-order chi connectivity index (χ1) is 12.5. The number of sulfone groups is 1. The standard InChI is InChI=1S/C20H33N3O2S.HI/c1-21-20(22-14-6-9-17-7-4-3-5-8-17)23-15-18-10-12-19(13-11-18)16-26(2,24)25;/h10-13,17H,3-9,14-16H2,1-2H3,(H2,21,22,23);1H. The summed E-state index contributed by atoms with van der Waals surface area (Å²) in [6.45, 7) is 1.62. The predicted octanol–water partition coefficient (Wildman–Crippen LogP) is 3.87. The summed E-state index contributed by atoms with van der Waals surface area (Å²) in [5.41, 5.74) is 1.92. The first kappa shape index (κ1) is 24.2. The number of nitrogens with zero attached hydrogens (tertiary/aromatic N) is 1. The zero-order valence-electron chi connectivity index (χ0n) is 16.5. The summed E-state index contributed by atoms with van der Waals surface area (Å²) in [4.78, 5) is 4.27. The molecule has 7 heteroatoms. The molecule has 5 nitrogen and oxygen atoms in total. The molecule has 2 rings (SSSR count). The topological polar surface area (TPSA) is 70.6 Å². The summed E-state index contributed by atoms with van der Waals surface area (Å²) in [6, 6.07) is 7.67. The molecular weight excluding hydrogens is 473 g/mol. The maximum absolute atomic E-state index is 11.3. The van der Waals surface area contributed by atoms with Crippen molar-refractivity contribution < 1.29 is 8.42 Å². The Morgan fingerprint density at radius 1 is 1.07 bits per heavy atom. The first-order valence-corrected chi connectivity index (χ1v) is 11.7. The summed E-state index contributed by atoms with van der Waals surface area (Å²) < 4.78 is 22.7. The van der Waals surface area contributed by atoms with E-state index in [9.17, 15) is 8.42 Å². The lowest BCUT2D eigenvalue weighted by Gasteiger charge is -2.21. The summed E-state index contributed by atoms with van der Waals surface area (Å²) in [6.07, 6.45) is 10.8. The van der Waals surface area contributed by atoms with E-state index in [0.717, 1.165) is 29.5 Å². The smallest absolute Gasteiger partial charge is 0.191 e. The molecule has 0 amide bonds. The number of hydrogen-bond acceptors (Lipinski definition) is 3. The van der Waals surface area contributed by atoms with Gasteiger partial charge in [0.25, 0.3) is 0 Å². The average Bonchev–Trinajstić information content (AvgIpc) is 2.62. The second-order valence-corrected chi connectivity index (χ2v) is 9.53. The summed E-state index contributed by atoms with van der Waals surface area (Å²) in [5, 5.41) is 6.69. The highest BCUT2D eigenvalue weighted by Gasteiger charge is 2.12. The van der Waals surface area contributed by atoms with Crippen LogP contribution in [-0.4, -0.2) is 34.2 Å². The van der Waals surface area contributed by atoms with E-state index in [1.165, 1.54) is 51.2 Å². The number of nitrogens with one attached hydrogen (secondary N) is 2. The molecule has 0 aromatic heterocycles. The van der Waals surface area contributed by atoms with Gasteiger partial charge in [0, 0.05) is 26.4 Å². The van der Waals surface area contributed by atoms with Gasteiger partial charge < -0.3 is 10.6 Å². The third-order valence-electron chi connectivity index (χ3n) is 4.94. The van der Waals surface area contributed by atoms with Crippen LogP contribution in [0.25, 0.3) is 0 Å². The molecule has 1 saturated carbocycles. The maximum Gasteiger partial charge on any atom is 0.191 e. The fourth-order valence-corrected chi connectivity index (χ4v) is 4.33. The SMILES string of the molecule is CN=C(NCCCC1CCCCC1)NCc1ccc(CS(C)(=O)=O)cc1.I. The van der Waals surface area contributed by atoms with Crippen LogP contribution in [0.15, 0.2) is 29.3 Å². The molecule has 0 atom stereocenters. The molecule has 0 bridgehead atoms. The molecule has 1 aromatic rings. The van der Waals surface area contributed by atoms with E-state index < -0.39 is 9.84 Å². The van der Waals surface area contributed by atoms with E-state index in [4.69, 9.17) is 0 Å². The third-order valence-corrected chi connectivity index (χ3v) is 5.80. The van der Waals surface area contributed by atoms with Crippen LogP contribution < -0.4 is 10.6 Å². The van der Waals surface area contributed by atoms with Gasteiger partial charge >= 0.3 is 0 Å². The summed E-state index contributed by atoms with van der Waals surface area (Å²) in [5.74, 6) is 1.82. The number of aliphatic imine (C=N–C) groups is 1. The second kappa shape index (κ2) is 12.6. The van der Waals surface area contributed by atoms with Gasteiger partial charge in [0.15, 0.2) is 15.8 Å². The molecule has 0 aliphatic heterocycles. The average molecular weight is 507 g/mol. The van der Waals surface area contributed by atoms with Crippen molar-refractivity contribution >= 4 is 39.8 Å². The maximum atomic E-state index is 11.3. The fourth-order valence-electron chi connectivity index (χ4n) is 3.54. The largest absolute Gasteiger partial charge is 0.356 e. The molecular formula is C20H34IN3O2S. The van der Waals surface area contributed by atoms with Crippen molar-refractivity contribution in [1.29, 1.82) is 0 Å². The van der Waals surface area contributed by atoms with E-state index in [1.54, 1.807) is 7.05 Å². The Balaban J connectivity index is 0.00000364. The monoisotopic (exact) mass is 507 g/mol. The van der Waals surface area contributed by atoms with Gasteiger partial charge in [-0.05, 0) is 29.9 Å². The normalized spacial score (nSPS) is 15.9. The van der Waals surface area contributed by atoms with Crippen molar-refractivity contribution in [1.82, 2.24) is 10.6 Å². The Bertz CT molecular complexity index is 669. The van der Waals surface area contributed by atoms with Gasteiger partial charge in [0.1, 0.15) is 0 Å². The van der Waals surface area contributed by atoms with Crippen molar-refractivity contribution in [2.75, 3.05) is 19.8 Å². The zero-order valence-corrected chi connectivity index (χ0v) is 19.7. The van der Waals surface area contributed by atoms with Gasteiger partial charge in [-0.2, -0.15) is 0 Å². The second-order valence-electron chi connectivity index (χ2n) is 7.39. The molecule has 27 heavy (non-hydrogen) atoms. The lowest BCUT2D eigenvalue weighted by Crippen LogP contribution is -2.37. The highest BCUT2D eigenvalue weighted by molar-refractivity contribution is 14.0. The number of halogens is 1. The fraction of sp³-hybridized carbons (Fsp3) is 0.650. The van der Waals surface area contributed by atoms with E-state index in [1.807, 2.05) is 24.3 Å². The van der Waals surface area contributed by atoms with Gasteiger partial charge in [-0.15, -0.1) is 24.0 Å². The molecule has 0 unspecified atom stereocenters. The number of guanidine groups is 1. The Kier molecular flexibility index (Phi) is 11.3. The minimum Gasteiger partial charge on any atom is -0.356 e. The summed E-state index contributed by atoms with van der Waals surface area (Å²) >= 11 is 0. The lowest BCUT2D eigenvalue weighted by atomic mass is 9.86. The number of hydrogen-bond donors (Lipinski definition) is 2. The Hall–Kier alpha value is -0.830. The van der Waals surface area contributed by atoms with Gasteiger partial charge in [0.2, 0.25) is 0 Å². The quantitative estimate of drug-likeness (QED) is 0.243. The van der Waals surface area contributed by atoms with Crippen LogP contribution in [0.2, 0.25) is 0 Å². The molecule has 0 saturated heterocycles. The van der Waals surface area contributed by atoms with Crippen LogP contribution in [0.4, 0.5) is 0 Å². The van der Waals surface area contributed by atoms with Gasteiger partial charge in [-0.3, -0.25) is 4.99 Å². The highest BCUT2D eigenvalue weighted by Crippen LogP contribution is 2.26. The lowest BCUT2D eigenvalue weighted by molar-refractivity contribution is 0.332. The minimum absolute atomic E-state index is 0. The van der Waals surface area contributed by atoms with Gasteiger partial charge in [-0.25, -0.2) is 8.42 Å². The number of benzene rings is 1. The third kappa shape index (κ3) is 10.3. The zero-order chi connectivity index (χ0) is 18.8. The molecule has 1 aliphatic carbocycles. The molecule has 0 radical (unpaired) electrons. The van der Waals surface area contributed by atoms with Crippen molar-refractivity contribution in [2.45, 2.75) is 57.2 Å². The molecule has 1 aliphatic rings. The van der Waals surface area contributed by atoms with Gasteiger partial charge in [-0.1, -0.05) is 56.4 Å². The van der Waals surface area contributed by atoms with E-state index >= 15 is 0 Å². The molecule has 1 aromatic carbocycles. The van der Waals surface area contributed by atoms with E-state index in [0.29, 0.717) is 6.54 Å². The first-order valence-electron chi connectivity index (χ1n) is 9.66. The van der Waals surface area contributed by atoms with Crippen molar-refractivity contribution in [3.8, 4) is 0 Å². The van der Waals surface area contributed by atoms with Crippen LogP contribution in [0, 0.1) is 5.92 Å². The van der Waals surface area contributed by atoms with Crippen molar-refractivity contribution in [3.05, 3.63) is 35.4 Å². The van der Waals surface area contributed by atoms with E-state index in [2.05, 4.69) is 15.6 Å². The van der Waals surface area contributed by atoms with Crippen LogP contribution >= 0.6 is 24.0 Å². The summed E-state index contributed by atoms with van der Waals surface area (Å²) in [7, 11) is -1.20. The van der Waals surface area contributed by atoms with Crippen LogP contribution in [-0.2, 0) is 22.1 Å². The molecule has 1 fully saturated rings. The Labute approximate surface area is 181 Å². The van der Waals surface area contributed by atoms with Gasteiger partial charge in [0.05, 0.1) is 5.75 Å². The molecule has 0 heterocycles. The van der Waals surface area contributed by atoms with Crippen LogP contribution in [0.5, 0.6) is 0 Å².